The first-order valence-corrected chi connectivity index (χ1v) is 27.0. The van der Waals surface area contributed by atoms with Gasteiger partial charge in [0, 0.05) is 43.2 Å². The van der Waals surface area contributed by atoms with Crippen molar-refractivity contribution in [2.45, 2.75) is 135 Å². The number of ketones is 3. The zero-order valence-electron chi connectivity index (χ0n) is 47.0. The van der Waals surface area contributed by atoms with Gasteiger partial charge in [-0.15, -0.1) is 0 Å². The number of carbonyl (C=O) groups is 8. The minimum Gasteiger partial charge on any atom is -0.507 e. The molecule has 4 aromatic rings. The first-order chi connectivity index (χ1) is 39.1. The van der Waals surface area contributed by atoms with Gasteiger partial charge in [0.25, 0.3) is 5.91 Å². The summed E-state index contributed by atoms with van der Waals surface area (Å²) in [4.78, 5) is 108. The number of benzene rings is 4. The van der Waals surface area contributed by atoms with Gasteiger partial charge >= 0.3 is 23.9 Å². The highest BCUT2D eigenvalue weighted by atomic mass is 16.6. The average molecular weight is 1140 g/mol. The molecule has 20 nitrogen and oxygen atoms in total. The van der Waals surface area contributed by atoms with Crippen LogP contribution in [0.3, 0.4) is 0 Å². The molecule has 0 radical (unpaired) electrons. The van der Waals surface area contributed by atoms with Crippen LogP contribution >= 0.6 is 0 Å². The zero-order chi connectivity index (χ0) is 60.7. The number of ether oxygens (including phenoxy) is 5. The summed E-state index contributed by atoms with van der Waals surface area (Å²) in [7, 11) is 0. The number of Topliss-reactive ketones (excluding diaryl/α,β-unsaturated/α-hetero) is 2. The van der Waals surface area contributed by atoms with Gasteiger partial charge in [-0.3, -0.25) is 28.8 Å². The van der Waals surface area contributed by atoms with E-state index in [1.165, 1.54) is 26.0 Å². The van der Waals surface area contributed by atoms with E-state index in [1.807, 2.05) is 13.8 Å². The van der Waals surface area contributed by atoms with Gasteiger partial charge in [0.2, 0.25) is 0 Å². The molecule has 1 aliphatic heterocycles. The smallest absolute Gasteiger partial charge is 0.338 e. The van der Waals surface area contributed by atoms with Crippen molar-refractivity contribution in [2.75, 3.05) is 6.61 Å². The van der Waals surface area contributed by atoms with E-state index in [1.54, 1.807) is 98.8 Å². The van der Waals surface area contributed by atoms with Gasteiger partial charge in [-0.25, -0.2) is 9.59 Å². The highest BCUT2D eigenvalue weighted by molar-refractivity contribution is 6.27. The Hall–Kier alpha value is -8.14. The summed E-state index contributed by atoms with van der Waals surface area (Å²) in [5.41, 5.74) is -6.60. The minimum atomic E-state index is -2.39. The van der Waals surface area contributed by atoms with Crippen LogP contribution < -0.4 is 5.32 Å². The molecule has 4 aromatic carbocycles. The lowest BCUT2D eigenvalue weighted by Gasteiger charge is -2.67. The minimum absolute atomic E-state index is 0.00289. The zero-order valence-corrected chi connectivity index (χ0v) is 47.0. The number of aliphatic hydroxyl groups is 4. The number of allylic oxidation sites excluding steroid dienone is 2. The summed E-state index contributed by atoms with van der Waals surface area (Å²) in [6.45, 7) is 11.7. The van der Waals surface area contributed by atoms with Crippen molar-refractivity contribution in [3.63, 3.8) is 0 Å². The number of phenols is 2. The lowest BCUT2D eigenvalue weighted by Crippen LogP contribution is -2.82. The van der Waals surface area contributed by atoms with Crippen molar-refractivity contribution in [3.8, 4) is 11.5 Å². The number of fused-ring (bicyclic) bond motifs is 6. The summed E-state index contributed by atoms with van der Waals surface area (Å²) in [6.07, 6.45) is -8.68. The van der Waals surface area contributed by atoms with E-state index < -0.39 is 130 Å². The molecule has 9 rings (SSSR count). The summed E-state index contributed by atoms with van der Waals surface area (Å²) in [5.74, 6) is -8.85. The van der Waals surface area contributed by atoms with Crippen LogP contribution in [-0.2, 0) is 42.9 Å². The molecule has 83 heavy (non-hydrogen) atoms. The maximum atomic E-state index is 15.5. The number of esters is 4. The quantitative estimate of drug-likeness (QED) is 0.0357. The molecule has 5 aliphatic rings. The molecule has 0 aromatic heterocycles. The third-order valence-electron chi connectivity index (χ3n) is 16.8. The molecule has 7 N–H and O–H groups in total. The van der Waals surface area contributed by atoms with E-state index in [0.29, 0.717) is 5.56 Å². The average Bonchev–Trinajstić information content (AvgIpc) is 1.09. The second-order valence-corrected chi connectivity index (χ2v) is 22.5. The van der Waals surface area contributed by atoms with Crippen LogP contribution in [0.15, 0.2) is 138 Å². The van der Waals surface area contributed by atoms with Crippen LogP contribution in [0.25, 0.3) is 0 Å². The molecule has 0 spiro atoms. The second kappa shape index (κ2) is 23.6. The lowest BCUT2D eigenvalue weighted by atomic mass is 9.44. The molecule has 2 bridgehead atoms. The van der Waals surface area contributed by atoms with Crippen LogP contribution in [0.4, 0.5) is 0 Å². The van der Waals surface area contributed by atoms with Crippen LogP contribution in [-0.4, -0.2) is 138 Å². The SMILES string of the molecule is CC(=O)O[C@H]1C(=O)[C@@]2(C)[C@H]([C@H](OC(=O)c3ccccc3)[C@]3(O)C[C@H](OC(=O)[C@H](O)[C@@H](NC(=O)c4ccccc4)c4ccccc4)C(C)=C1C3(C)C)[C@]1(OC(C)=O)CO[C@@H]1C[C@@H]2O.CC(C)=CC[C@H](O)C1=CC(=O)c2c(O)ccc(O)c2C1=O. The van der Waals surface area contributed by atoms with Crippen LogP contribution in [0.1, 0.15) is 128 Å². The van der Waals surface area contributed by atoms with E-state index >= 15 is 4.79 Å². The van der Waals surface area contributed by atoms with Gasteiger partial charge in [0.05, 0.1) is 52.9 Å². The molecule has 4 aliphatic carbocycles. The van der Waals surface area contributed by atoms with Gasteiger partial charge in [0.15, 0.2) is 35.2 Å². The van der Waals surface area contributed by atoms with Gasteiger partial charge in [-0.05, 0) is 93.3 Å². The molecule has 3 fully saturated rings. The molecule has 20 heteroatoms. The van der Waals surface area contributed by atoms with Gasteiger partial charge in [0.1, 0.15) is 35.4 Å². The Bertz CT molecular complexity index is 3330. The fourth-order valence-corrected chi connectivity index (χ4v) is 12.4. The molecular weight excluding hydrogens is 1070 g/mol. The van der Waals surface area contributed by atoms with Crippen LogP contribution in [0, 0.1) is 16.7 Å². The normalized spacial score (nSPS) is 27.7. The topological polar surface area (TPSA) is 316 Å². The first-order valence-electron chi connectivity index (χ1n) is 27.0. The number of hydrogen-bond donors (Lipinski definition) is 7. The third kappa shape index (κ3) is 11.2. The molecule has 1 heterocycles. The predicted octanol–water partition coefficient (Wildman–Crippen LogP) is 5.86. The third-order valence-corrected chi connectivity index (χ3v) is 16.8. The highest BCUT2D eigenvalue weighted by Gasteiger charge is 2.78. The van der Waals surface area contributed by atoms with Crippen molar-refractivity contribution in [1.29, 1.82) is 0 Å². The molecule has 438 valence electrons. The molecule has 0 unspecified atom stereocenters. The van der Waals surface area contributed by atoms with Crippen LogP contribution in [0.5, 0.6) is 11.5 Å². The fraction of sp³-hybridized carbons (Fsp3) is 0.397. The maximum absolute atomic E-state index is 15.5. The number of amides is 1. The van der Waals surface area contributed by atoms with Crippen molar-refractivity contribution in [1.82, 2.24) is 5.32 Å². The highest BCUT2D eigenvalue weighted by Crippen LogP contribution is 2.64. The Morgan fingerprint density at radius 2 is 1.35 bits per heavy atom. The van der Waals surface area contributed by atoms with Gasteiger partial charge in [-0.1, -0.05) is 92.2 Å². The summed E-state index contributed by atoms with van der Waals surface area (Å²) < 4.78 is 30.3. The number of aliphatic hydroxyl groups excluding tert-OH is 3. The van der Waals surface area contributed by atoms with Crippen LogP contribution in [0.2, 0.25) is 0 Å². The largest absolute Gasteiger partial charge is 0.507 e. The molecule has 12 atom stereocenters. The summed E-state index contributed by atoms with van der Waals surface area (Å²) in [6, 6.07) is 25.2. The van der Waals surface area contributed by atoms with E-state index in [0.717, 1.165) is 37.6 Å². The Balaban J connectivity index is 0.000000359. The Morgan fingerprint density at radius 1 is 0.771 bits per heavy atom. The van der Waals surface area contributed by atoms with E-state index in [2.05, 4.69) is 5.32 Å². The monoisotopic (exact) mass is 1140 g/mol. The number of rotatable bonds is 13. The lowest BCUT2D eigenvalue weighted by molar-refractivity contribution is -0.346. The second-order valence-electron chi connectivity index (χ2n) is 22.5. The number of carbonyl (C=O) groups excluding carboxylic acids is 8. The summed E-state index contributed by atoms with van der Waals surface area (Å²) in [5, 5.41) is 69.8. The van der Waals surface area contributed by atoms with E-state index in [9.17, 15) is 64.2 Å². The molecule has 1 amide bonds. The van der Waals surface area contributed by atoms with Crippen molar-refractivity contribution < 1.29 is 92.7 Å². The number of phenolic OH excluding ortho intramolecular Hbond substituents is 2. The maximum Gasteiger partial charge on any atom is 0.338 e. The standard InChI is InChI=1S/C47H51NO14.C16H16O5/c1-25-31(60-43(56)36(52)35(28-16-10-7-11-17-28)48-41(54)29-18-12-8-13-19-29)23-47(57)40(61-42(55)30-20-14-9-15-21-30)38-45(6,32(51)22-33-46(38,24-58-33)62-27(3)50)39(53)37(59-26(2)49)34(25)44(47,4)5;1-8(2)3-4-10(17)9-7-13(20)14-11(18)5-6-12(19)15(14)16(9)21/h7-21,31-33,35-38,40,51-52,57H,22-24H2,1-6H3,(H,48,54);3,5-7,10,17-19H,4H2,1-2H3/t31-,32-,33+,35-,36+,37+,38-,40-,45+,46-,47+;10-/m00/s1. The van der Waals surface area contributed by atoms with Gasteiger partial charge in [-0.2, -0.15) is 0 Å². The number of nitrogens with one attached hydrogen (secondary N) is 1. The first kappa shape index (κ1) is 60.9. The summed E-state index contributed by atoms with van der Waals surface area (Å²) >= 11 is 0. The van der Waals surface area contributed by atoms with Crippen molar-refractivity contribution in [3.05, 3.63) is 165 Å². The molecular formula is C63H67NO19. The van der Waals surface area contributed by atoms with Gasteiger partial charge < -0.3 is 59.6 Å². The predicted molar refractivity (Wildman–Crippen MR) is 294 cm³/mol. The molecule has 2 saturated carbocycles. The van der Waals surface area contributed by atoms with E-state index in [-0.39, 0.29) is 69.9 Å². The Labute approximate surface area is 478 Å². The van der Waals surface area contributed by atoms with E-state index in [4.69, 9.17) is 23.7 Å². The molecule has 1 saturated heterocycles. The number of hydrogen-bond acceptors (Lipinski definition) is 19. The number of aromatic hydroxyl groups is 2. The fourth-order valence-electron chi connectivity index (χ4n) is 12.4. The van der Waals surface area contributed by atoms with Crippen molar-refractivity contribution in [2.24, 2.45) is 16.7 Å². The Kier molecular flexibility index (Phi) is 17.3. The van der Waals surface area contributed by atoms with Crippen molar-refractivity contribution >= 4 is 47.1 Å². The Morgan fingerprint density at radius 3 is 1.90 bits per heavy atom.